The average Bonchev–Trinajstić information content (AvgIpc) is 2.85. The first-order valence-corrected chi connectivity index (χ1v) is 7.29. The summed E-state index contributed by atoms with van der Waals surface area (Å²) in [6.07, 6.45) is 8.53. The molecule has 0 bridgehead atoms. The molecular formula is C15H23N3. The smallest absolute Gasteiger partial charge is 0.126 e. The monoisotopic (exact) mass is 245 g/mol. The van der Waals surface area contributed by atoms with Crippen LogP contribution in [-0.2, 0) is 12.8 Å². The molecule has 0 aromatic carbocycles. The Bertz CT molecular complexity index is 408. The van der Waals surface area contributed by atoms with Gasteiger partial charge in [-0.15, -0.1) is 0 Å². The average molecular weight is 245 g/mol. The molecule has 1 aromatic rings. The van der Waals surface area contributed by atoms with Crippen LogP contribution in [0, 0.1) is 5.92 Å². The van der Waals surface area contributed by atoms with E-state index in [4.69, 9.17) is 10.7 Å². The molecule has 3 N–H and O–H groups in total. The lowest BCUT2D eigenvalue weighted by Crippen LogP contribution is -2.29. The third-order valence-electron chi connectivity index (χ3n) is 4.39. The van der Waals surface area contributed by atoms with E-state index < -0.39 is 0 Å². The molecule has 1 aromatic heterocycles. The molecule has 1 fully saturated rings. The zero-order valence-electron chi connectivity index (χ0n) is 11.0. The van der Waals surface area contributed by atoms with Gasteiger partial charge in [0.05, 0.1) is 0 Å². The topological polar surface area (TPSA) is 50.9 Å². The molecule has 98 valence electrons. The Kier molecular flexibility index (Phi) is 3.50. The van der Waals surface area contributed by atoms with Crippen molar-refractivity contribution in [1.29, 1.82) is 0 Å². The van der Waals surface area contributed by atoms with E-state index in [1.807, 2.05) is 0 Å². The largest absolute Gasteiger partial charge is 0.370 e. The second-order valence-corrected chi connectivity index (χ2v) is 5.82. The Balaban J connectivity index is 1.54. The molecular weight excluding hydrogens is 222 g/mol. The number of aryl methyl sites for hydroxylation is 2. The minimum Gasteiger partial charge on any atom is -0.370 e. The van der Waals surface area contributed by atoms with E-state index in [-0.39, 0.29) is 0 Å². The summed E-state index contributed by atoms with van der Waals surface area (Å²) < 4.78 is 0. The number of nitrogens with one attached hydrogen (secondary N) is 1. The van der Waals surface area contributed by atoms with E-state index in [0.29, 0.717) is 6.04 Å². The van der Waals surface area contributed by atoms with Crippen LogP contribution in [0.1, 0.15) is 43.4 Å². The maximum Gasteiger partial charge on any atom is 0.126 e. The predicted molar refractivity (Wildman–Crippen MR) is 74.7 cm³/mol. The Labute approximate surface area is 109 Å². The maximum atomic E-state index is 5.93. The lowest BCUT2D eigenvalue weighted by Gasteiger charge is -2.26. The molecule has 0 radical (unpaired) electrons. The minimum absolute atomic E-state index is 0.444. The van der Waals surface area contributed by atoms with E-state index in [1.165, 1.54) is 49.8 Å². The van der Waals surface area contributed by atoms with Gasteiger partial charge in [-0.25, -0.2) is 4.98 Å². The van der Waals surface area contributed by atoms with Gasteiger partial charge in [0.2, 0.25) is 0 Å². The summed E-state index contributed by atoms with van der Waals surface area (Å²) >= 11 is 0. The van der Waals surface area contributed by atoms with Gasteiger partial charge in [0, 0.05) is 18.3 Å². The highest BCUT2D eigenvalue weighted by molar-refractivity contribution is 5.40. The SMILES string of the molecule is NC1CCC(CNc2ccc3c(n2)CCC3)CC1. The van der Waals surface area contributed by atoms with Crippen molar-refractivity contribution >= 4 is 5.82 Å². The van der Waals surface area contributed by atoms with Crippen molar-refractivity contribution < 1.29 is 0 Å². The summed E-state index contributed by atoms with van der Waals surface area (Å²) in [7, 11) is 0. The summed E-state index contributed by atoms with van der Waals surface area (Å²) in [5.74, 6) is 1.84. The first-order chi connectivity index (χ1) is 8.81. The number of hydrogen-bond donors (Lipinski definition) is 2. The molecule has 18 heavy (non-hydrogen) atoms. The number of nitrogens with zero attached hydrogens (tertiary/aromatic N) is 1. The van der Waals surface area contributed by atoms with Crippen molar-refractivity contribution in [3.05, 3.63) is 23.4 Å². The molecule has 3 nitrogen and oxygen atoms in total. The van der Waals surface area contributed by atoms with E-state index in [0.717, 1.165) is 24.7 Å². The second-order valence-electron chi connectivity index (χ2n) is 5.82. The summed E-state index contributed by atoms with van der Waals surface area (Å²) in [6, 6.07) is 4.83. The van der Waals surface area contributed by atoms with Crippen molar-refractivity contribution in [3.63, 3.8) is 0 Å². The molecule has 1 saturated carbocycles. The Morgan fingerprint density at radius 2 is 2.00 bits per heavy atom. The summed E-state index contributed by atoms with van der Waals surface area (Å²) in [5.41, 5.74) is 8.69. The number of aromatic nitrogens is 1. The van der Waals surface area contributed by atoms with Crippen LogP contribution in [0.3, 0.4) is 0 Å². The van der Waals surface area contributed by atoms with Crippen molar-refractivity contribution in [3.8, 4) is 0 Å². The molecule has 1 heterocycles. The lowest BCUT2D eigenvalue weighted by molar-refractivity contribution is 0.338. The van der Waals surface area contributed by atoms with Crippen molar-refractivity contribution in [2.45, 2.75) is 51.0 Å². The molecule has 3 rings (SSSR count). The van der Waals surface area contributed by atoms with E-state index in [9.17, 15) is 0 Å². The van der Waals surface area contributed by atoms with E-state index >= 15 is 0 Å². The molecule has 0 saturated heterocycles. The minimum atomic E-state index is 0.444. The highest BCUT2D eigenvalue weighted by Gasteiger charge is 2.18. The van der Waals surface area contributed by atoms with Crippen LogP contribution in [0.5, 0.6) is 0 Å². The van der Waals surface area contributed by atoms with Crippen molar-refractivity contribution in [2.24, 2.45) is 11.7 Å². The Hall–Kier alpha value is -1.09. The molecule has 0 atom stereocenters. The number of fused-ring (bicyclic) bond motifs is 1. The number of hydrogen-bond acceptors (Lipinski definition) is 3. The lowest BCUT2D eigenvalue weighted by atomic mass is 9.86. The Morgan fingerprint density at radius 3 is 2.83 bits per heavy atom. The van der Waals surface area contributed by atoms with E-state index in [1.54, 1.807) is 0 Å². The third-order valence-corrected chi connectivity index (χ3v) is 4.39. The van der Waals surface area contributed by atoms with Crippen molar-refractivity contribution in [1.82, 2.24) is 4.98 Å². The quantitative estimate of drug-likeness (QED) is 0.860. The summed E-state index contributed by atoms with van der Waals surface area (Å²) in [4.78, 5) is 4.72. The predicted octanol–water partition coefficient (Wildman–Crippen LogP) is 2.50. The number of pyridine rings is 1. The van der Waals surface area contributed by atoms with E-state index in [2.05, 4.69) is 17.4 Å². The first kappa shape index (κ1) is 12.0. The van der Waals surface area contributed by atoms with Crippen LogP contribution in [0.2, 0.25) is 0 Å². The van der Waals surface area contributed by atoms with Gasteiger partial charge in [-0.3, -0.25) is 0 Å². The molecule has 0 spiro atoms. The first-order valence-electron chi connectivity index (χ1n) is 7.29. The van der Waals surface area contributed by atoms with Crippen LogP contribution >= 0.6 is 0 Å². The van der Waals surface area contributed by atoms with Gasteiger partial charge < -0.3 is 11.1 Å². The van der Waals surface area contributed by atoms with Gasteiger partial charge in [0.25, 0.3) is 0 Å². The van der Waals surface area contributed by atoms with Crippen molar-refractivity contribution in [2.75, 3.05) is 11.9 Å². The standard InChI is InChI=1S/C15H23N3/c16-13-7-4-11(5-8-13)10-17-15-9-6-12-2-1-3-14(12)18-15/h6,9,11,13H,1-5,7-8,10,16H2,(H,17,18). The number of anilines is 1. The van der Waals surface area contributed by atoms with Crippen LogP contribution < -0.4 is 11.1 Å². The molecule has 2 aliphatic carbocycles. The zero-order valence-corrected chi connectivity index (χ0v) is 11.0. The number of nitrogens with two attached hydrogens (primary N) is 1. The van der Waals surface area contributed by atoms with Crippen LogP contribution in [0.15, 0.2) is 12.1 Å². The van der Waals surface area contributed by atoms with Gasteiger partial charge in [0.15, 0.2) is 0 Å². The Morgan fingerprint density at radius 1 is 1.17 bits per heavy atom. The maximum absolute atomic E-state index is 5.93. The normalized spacial score (nSPS) is 26.9. The second kappa shape index (κ2) is 5.27. The van der Waals surface area contributed by atoms with Gasteiger partial charge in [-0.2, -0.15) is 0 Å². The molecule has 2 aliphatic rings. The van der Waals surface area contributed by atoms with Crippen LogP contribution in [0.4, 0.5) is 5.82 Å². The van der Waals surface area contributed by atoms with Gasteiger partial charge >= 0.3 is 0 Å². The van der Waals surface area contributed by atoms with Gasteiger partial charge in [-0.1, -0.05) is 6.07 Å². The molecule has 0 aliphatic heterocycles. The number of rotatable bonds is 3. The van der Waals surface area contributed by atoms with Gasteiger partial charge in [0.1, 0.15) is 5.82 Å². The van der Waals surface area contributed by atoms with Crippen LogP contribution in [-0.4, -0.2) is 17.6 Å². The zero-order chi connectivity index (χ0) is 12.4. The van der Waals surface area contributed by atoms with Crippen LogP contribution in [0.25, 0.3) is 0 Å². The highest BCUT2D eigenvalue weighted by atomic mass is 15.0. The molecule has 3 heteroatoms. The van der Waals surface area contributed by atoms with Gasteiger partial charge in [-0.05, 0) is 62.5 Å². The fourth-order valence-electron chi connectivity index (χ4n) is 3.16. The molecule has 0 unspecified atom stereocenters. The highest BCUT2D eigenvalue weighted by Crippen LogP contribution is 2.25. The fraction of sp³-hybridized carbons (Fsp3) is 0.667. The fourth-order valence-corrected chi connectivity index (χ4v) is 3.16. The summed E-state index contributed by atoms with van der Waals surface area (Å²) in [5, 5.41) is 3.51. The third kappa shape index (κ3) is 2.66. The summed E-state index contributed by atoms with van der Waals surface area (Å²) in [6.45, 7) is 1.05. The molecule has 0 amide bonds.